The van der Waals surface area contributed by atoms with E-state index in [1.807, 2.05) is 36.4 Å². The molecule has 4 aromatic rings. The summed E-state index contributed by atoms with van der Waals surface area (Å²) in [7, 11) is 0. The van der Waals surface area contributed by atoms with Gasteiger partial charge in [0.15, 0.2) is 11.7 Å². The molecule has 154 valence electrons. The Morgan fingerprint density at radius 3 is 2.67 bits per heavy atom. The maximum atomic E-state index is 12.6. The van der Waals surface area contributed by atoms with Gasteiger partial charge in [0.2, 0.25) is 5.91 Å². The summed E-state index contributed by atoms with van der Waals surface area (Å²) in [5, 5.41) is 3.76. The number of carbonyl (C=O) groups is 1. The maximum Gasteiger partial charge on any atom is 0.221 e. The second-order valence-electron chi connectivity index (χ2n) is 7.55. The van der Waals surface area contributed by atoms with E-state index in [2.05, 4.69) is 34.1 Å². The van der Waals surface area contributed by atoms with Crippen molar-refractivity contribution in [3.8, 4) is 11.3 Å². The summed E-state index contributed by atoms with van der Waals surface area (Å²) in [6.07, 6.45) is 2.37. The molecule has 2 heterocycles. The molecule has 0 unspecified atom stereocenters. The second kappa shape index (κ2) is 8.71. The summed E-state index contributed by atoms with van der Waals surface area (Å²) in [5.41, 5.74) is 2.75. The molecule has 2 aromatic carbocycles. The quantitative estimate of drug-likeness (QED) is 0.422. The highest BCUT2D eigenvalue weighted by Gasteiger charge is 2.22. The van der Waals surface area contributed by atoms with Crippen molar-refractivity contribution in [2.24, 2.45) is 5.92 Å². The number of fused-ring (bicyclic) bond motifs is 1. The van der Waals surface area contributed by atoms with Gasteiger partial charge in [0.25, 0.3) is 0 Å². The van der Waals surface area contributed by atoms with Crippen molar-refractivity contribution in [3.05, 3.63) is 71.5 Å². The van der Waals surface area contributed by atoms with Crippen LogP contribution >= 0.6 is 11.6 Å². The third kappa shape index (κ3) is 4.54. The van der Waals surface area contributed by atoms with Gasteiger partial charge in [0.1, 0.15) is 5.82 Å². The van der Waals surface area contributed by atoms with Crippen LogP contribution in [0.4, 0.5) is 0 Å². The highest BCUT2D eigenvalue weighted by atomic mass is 35.5. The number of aryl methyl sites for hydroxylation is 1. The molecule has 4 rings (SSSR count). The fourth-order valence-corrected chi connectivity index (χ4v) is 3.44. The second-order valence-corrected chi connectivity index (χ2v) is 7.99. The van der Waals surface area contributed by atoms with Crippen molar-refractivity contribution in [1.29, 1.82) is 0 Å². The Bertz CT molecular complexity index is 1110. The van der Waals surface area contributed by atoms with Crippen LogP contribution in [-0.4, -0.2) is 20.9 Å². The van der Waals surface area contributed by atoms with E-state index in [1.165, 1.54) is 0 Å². The van der Waals surface area contributed by atoms with Gasteiger partial charge < -0.3 is 14.7 Å². The number of aromatic amines is 1. The van der Waals surface area contributed by atoms with Gasteiger partial charge in [-0.15, -0.1) is 0 Å². The highest BCUT2D eigenvalue weighted by molar-refractivity contribution is 6.30. The normalized spacial score (nSPS) is 12.4. The van der Waals surface area contributed by atoms with E-state index in [1.54, 1.807) is 18.3 Å². The number of rotatable bonds is 7. The number of benzene rings is 2. The molecule has 0 fully saturated rings. The number of aromatic nitrogens is 3. The van der Waals surface area contributed by atoms with Crippen LogP contribution in [-0.2, 0) is 11.2 Å². The predicted molar refractivity (Wildman–Crippen MR) is 117 cm³/mol. The lowest BCUT2D eigenvalue weighted by Gasteiger charge is -2.20. The van der Waals surface area contributed by atoms with Crippen LogP contribution in [0.3, 0.4) is 0 Å². The molecule has 0 saturated heterocycles. The number of carbonyl (C=O) groups excluding carboxylic acids is 1. The van der Waals surface area contributed by atoms with Crippen molar-refractivity contribution >= 4 is 28.5 Å². The lowest BCUT2D eigenvalue weighted by Crippen LogP contribution is -2.32. The number of imidazole rings is 1. The Labute approximate surface area is 179 Å². The third-order valence-corrected chi connectivity index (χ3v) is 5.19. The van der Waals surface area contributed by atoms with Gasteiger partial charge in [0.05, 0.1) is 23.3 Å². The van der Waals surface area contributed by atoms with Crippen molar-refractivity contribution in [2.75, 3.05) is 0 Å². The van der Waals surface area contributed by atoms with Crippen molar-refractivity contribution in [3.63, 3.8) is 0 Å². The Kier molecular flexibility index (Phi) is 5.86. The summed E-state index contributed by atoms with van der Waals surface area (Å²) in [4.78, 5) is 24.8. The molecule has 2 aromatic heterocycles. The van der Waals surface area contributed by atoms with Crippen LogP contribution in [0.2, 0.25) is 5.02 Å². The molecule has 0 aliphatic rings. The number of hydrogen-bond acceptors (Lipinski definition) is 4. The van der Waals surface area contributed by atoms with E-state index in [-0.39, 0.29) is 24.3 Å². The molecule has 0 aliphatic carbocycles. The van der Waals surface area contributed by atoms with Crippen molar-refractivity contribution in [1.82, 2.24) is 20.3 Å². The Balaban J connectivity index is 1.39. The van der Waals surface area contributed by atoms with Crippen LogP contribution in [0, 0.1) is 5.92 Å². The Morgan fingerprint density at radius 2 is 1.93 bits per heavy atom. The van der Waals surface area contributed by atoms with Gasteiger partial charge in [0, 0.05) is 23.4 Å². The fourth-order valence-electron chi connectivity index (χ4n) is 3.31. The predicted octanol–water partition coefficient (Wildman–Crippen LogP) is 5.32. The van der Waals surface area contributed by atoms with Crippen molar-refractivity contribution < 1.29 is 9.21 Å². The number of oxazole rings is 1. The Morgan fingerprint density at radius 1 is 1.17 bits per heavy atom. The van der Waals surface area contributed by atoms with E-state index >= 15 is 0 Å². The van der Waals surface area contributed by atoms with E-state index in [4.69, 9.17) is 16.0 Å². The summed E-state index contributed by atoms with van der Waals surface area (Å²) in [6, 6.07) is 15.0. The molecule has 0 bridgehead atoms. The first-order valence-corrected chi connectivity index (χ1v) is 10.3. The van der Waals surface area contributed by atoms with Crippen LogP contribution in [0.15, 0.2) is 59.1 Å². The van der Waals surface area contributed by atoms with E-state index in [0.717, 1.165) is 22.4 Å². The molecule has 30 heavy (non-hydrogen) atoms. The summed E-state index contributed by atoms with van der Waals surface area (Å²) >= 11 is 5.92. The molecule has 0 radical (unpaired) electrons. The SMILES string of the molecule is CC(C)[C@@H](NC(=O)CCc1ncc(-c2ccc(Cl)cc2)o1)c1nc2ccccc2[nH]1. The molecule has 0 aliphatic heterocycles. The number of H-pyrrole nitrogens is 1. The van der Waals surface area contributed by atoms with Gasteiger partial charge in [-0.05, 0) is 42.3 Å². The minimum Gasteiger partial charge on any atom is -0.441 e. The van der Waals surface area contributed by atoms with E-state index in [9.17, 15) is 4.79 Å². The van der Waals surface area contributed by atoms with Gasteiger partial charge in [-0.25, -0.2) is 9.97 Å². The highest BCUT2D eigenvalue weighted by Crippen LogP contribution is 2.24. The molecule has 1 atom stereocenters. The number of hydrogen-bond donors (Lipinski definition) is 2. The number of para-hydroxylation sites is 2. The summed E-state index contributed by atoms with van der Waals surface area (Å²) in [5.74, 6) is 2.07. The molecular weight excluding hydrogens is 400 g/mol. The van der Waals surface area contributed by atoms with Gasteiger partial charge >= 0.3 is 0 Å². The number of nitrogens with zero attached hydrogens (tertiary/aromatic N) is 2. The topological polar surface area (TPSA) is 83.8 Å². The largest absolute Gasteiger partial charge is 0.441 e. The Hall–Kier alpha value is -3.12. The van der Waals surface area contributed by atoms with Crippen LogP contribution in [0.5, 0.6) is 0 Å². The van der Waals surface area contributed by atoms with Gasteiger partial charge in [-0.1, -0.05) is 37.6 Å². The first-order chi connectivity index (χ1) is 14.5. The summed E-state index contributed by atoms with van der Waals surface area (Å²) < 4.78 is 5.78. The average molecular weight is 423 g/mol. The number of nitrogens with one attached hydrogen (secondary N) is 2. The van der Waals surface area contributed by atoms with Crippen molar-refractivity contribution in [2.45, 2.75) is 32.7 Å². The van der Waals surface area contributed by atoms with Gasteiger partial charge in [-0.3, -0.25) is 4.79 Å². The molecule has 0 spiro atoms. The standard InChI is InChI=1S/C23H23ClN4O2/c1-14(2)22(23-26-17-5-3-4-6-18(17)27-23)28-20(29)11-12-21-25-13-19(30-21)15-7-9-16(24)10-8-15/h3-10,13-14,22H,11-12H2,1-2H3,(H,26,27)(H,28,29)/t22-/m1/s1. The minimum atomic E-state index is -0.195. The van der Waals surface area contributed by atoms with Crippen LogP contribution in [0.25, 0.3) is 22.4 Å². The molecule has 1 amide bonds. The zero-order chi connectivity index (χ0) is 21.1. The smallest absolute Gasteiger partial charge is 0.221 e. The lowest BCUT2D eigenvalue weighted by molar-refractivity contribution is -0.122. The van der Waals surface area contributed by atoms with E-state index < -0.39 is 0 Å². The van der Waals surface area contributed by atoms with Gasteiger partial charge in [-0.2, -0.15) is 0 Å². The number of halogens is 1. The molecular formula is C23H23ClN4O2. The van der Waals surface area contributed by atoms with Crippen LogP contribution in [0.1, 0.15) is 38.0 Å². The minimum absolute atomic E-state index is 0.0691. The lowest BCUT2D eigenvalue weighted by atomic mass is 10.0. The molecule has 6 nitrogen and oxygen atoms in total. The monoisotopic (exact) mass is 422 g/mol. The first kappa shape index (κ1) is 20.2. The number of amides is 1. The molecule has 0 saturated carbocycles. The molecule has 2 N–H and O–H groups in total. The zero-order valence-electron chi connectivity index (χ0n) is 16.9. The summed E-state index contributed by atoms with van der Waals surface area (Å²) in [6.45, 7) is 4.12. The zero-order valence-corrected chi connectivity index (χ0v) is 17.6. The van der Waals surface area contributed by atoms with Crippen LogP contribution < -0.4 is 5.32 Å². The first-order valence-electron chi connectivity index (χ1n) is 9.94. The fraction of sp³-hybridized carbons (Fsp3) is 0.261. The van der Waals surface area contributed by atoms with E-state index in [0.29, 0.717) is 23.1 Å². The molecule has 7 heteroatoms. The average Bonchev–Trinajstić information content (AvgIpc) is 3.37. The third-order valence-electron chi connectivity index (χ3n) is 4.93. The maximum absolute atomic E-state index is 12.6.